The van der Waals surface area contributed by atoms with Gasteiger partial charge in [-0.1, -0.05) is 64.0 Å². The Kier molecular flexibility index (Phi) is 15.0. The molecule has 1 heterocycles. The quantitative estimate of drug-likeness (QED) is 0.278. The van der Waals surface area contributed by atoms with E-state index in [9.17, 15) is 15.3 Å². The molecular formula is C22H42O5. The van der Waals surface area contributed by atoms with Crippen LogP contribution in [0.4, 0.5) is 0 Å². The van der Waals surface area contributed by atoms with E-state index in [1.807, 2.05) is 0 Å². The fourth-order valence-corrected chi connectivity index (χ4v) is 3.31. The Labute approximate surface area is 165 Å². The third-order valence-corrected chi connectivity index (χ3v) is 5.19. The van der Waals surface area contributed by atoms with Crippen LogP contribution in [-0.4, -0.2) is 59.6 Å². The fourth-order valence-electron chi connectivity index (χ4n) is 3.31. The normalized spacial score (nSPS) is 26.1. The lowest BCUT2D eigenvalue weighted by molar-refractivity contribution is -0.199. The number of aliphatic hydroxyl groups excluding tert-OH is 3. The molecule has 5 nitrogen and oxygen atoms in total. The van der Waals surface area contributed by atoms with Crippen molar-refractivity contribution in [1.29, 1.82) is 0 Å². The van der Waals surface area contributed by atoms with Crippen molar-refractivity contribution in [2.24, 2.45) is 0 Å². The summed E-state index contributed by atoms with van der Waals surface area (Å²) < 4.78 is 10.9. The van der Waals surface area contributed by atoms with Crippen LogP contribution in [0.1, 0.15) is 84.0 Å². The van der Waals surface area contributed by atoms with Gasteiger partial charge in [0.2, 0.25) is 0 Å². The van der Waals surface area contributed by atoms with Crippen LogP contribution in [0.25, 0.3) is 0 Å². The van der Waals surface area contributed by atoms with Crippen LogP contribution in [0.5, 0.6) is 0 Å². The minimum Gasteiger partial charge on any atom is -0.388 e. The lowest BCUT2D eigenvalue weighted by Crippen LogP contribution is -2.54. The first-order valence-corrected chi connectivity index (χ1v) is 11.0. The molecule has 1 fully saturated rings. The van der Waals surface area contributed by atoms with Crippen LogP contribution in [0.15, 0.2) is 12.2 Å². The summed E-state index contributed by atoms with van der Waals surface area (Å²) in [7, 11) is 0. The maximum Gasteiger partial charge on any atom is 0.111 e. The van der Waals surface area contributed by atoms with E-state index in [1.54, 1.807) is 0 Å². The maximum absolute atomic E-state index is 9.81. The zero-order chi connectivity index (χ0) is 19.7. The topological polar surface area (TPSA) is 79.2 Å². The number of rotatable bonds is 16. The molecule has 0 saturated carbocycles. The Morgan fingerprint density at radius 2 is 1.41 bits per heavy atom. The molecule has 0 aromatic carbocycles. The van der Waals surface area contributed by atoms with Crippen LogP contribution in [-0.2, 0) is 9.47 Å². The molecule has 1 rings (SSSR count). The van der Waals surface area contributed by atoms with Gasteiger partial charge in [-0.05, 0) is 32.1 Å². The summed E-state index contributed by atoms with van der Waals surface area (Å²) in [6, 6.07) is 0. The van der Waals surface area contributed by atoms with Crippen molar-refractivity contribution in [3.8, 4) is 0 Å². The Morgan fingerprint density at radius 1 is 0.815 bits per heavy atom. The lowest BCUT2D eigenvalue weighted by atomic mass is 10.0. The number of hydrogen-bond donors (Lipinski definition) is 3. The number of ether oxygens (including phenoxy) is 2. The summed E-state index contributed by atoms with van der Waals surface area (Å²) in [5, 5.41) is 28.8. The van der Waals surface area contributed by atoms with Gasteiger partial charge in [0.05, 0.1) is 13.2 Å². The molecule has 27 heavy (non-hydrogen) atoms. The minimum atomic E-state index is -1.15. The summed E-state index contributed by atoms with van der Waals surface area (Å²) in [5.41, 5.74) is 0. The highest BCUT2D eigenvalue weighted by atomic mass is 16.6. The molecule has 3 N–H and O–H groups in total. The second-order valence-electron chi connectivity index (χ2n) is 7.73. The molecule has 160 valence electrons. The molecule has 0 unspecified atom stereocenters. The summed E-state index contributed by atoms with van der Waals surface area (Å²) in [5.74, 6) is 0. The van der Waals surface area contributed by atoms with Crippen molar-refractivity contribution < 1.29 is 24.8 Å². The van der Waals surface area contributed by atoms with E-state index >= 15 is 0 Å². The average Bonchev–Trinajstić information content (AvgIpc) is 2.67. The molecule has 1 aliphatic heterocycles. The smallest absolute Gasteiger partial charge is 0.111 e. The first kappa shape index (κ1) is 24.6. The lowest BCUT2D eigenvalue weighted by Gasteiger charge is -2.35. The highest BCUT2D eigenvalue weighted by molar-refractivity contribution is 4.86. The van der Waals surface area contributed by atoms with Crippen LogP contribution in [0.3, 0.4) is 0 Å². The molecule has 1 saturated heterocycles. The fraction of sp³-hybridized carbons (Fsp3) is 0.909. The highest BCUT2D eigenvalue weighted by Gasteiger charge is 2.37. The average molecular weight is 387 g/mol. The summed E-state index contributed by atoms with van der Waals surface area (Å²) in [6.07, 6.45) is 16.0. The van der Waals surface area contributed by atoms with Crippen molar-refractivity contribution in [2.45, 2.75) is 108 Å². The van der Waals surface area contributed by atoms with Crippen LogP contribution >= 0.6 is 0 Å². The van der Waals surface area contributed by atoms with Crippen LogP contribution < -0.4 is 0 Å². The molecule has 0 aliphatic carbocycles. The van der Waals surface area contributed by atoms with Gasteiger partial charge in [-0.25, -0.2) is 0 Å². The molecule has 1 aliphatic rings. The SMILES string of the molecule is CCCCCC/C=C/CCCCCCCCOC[C@H]1OC[C@H](O)[C@@H](O)[C@@H]1O. The van der Waals surface area contributed by atoms with Gasteiger partial charge >= 0.3 is 0 Å². The third kappa shape index (κ3) is 11.9. The van der Waals surface area contributed by atoms with Gasteiger partial charge in [0.25, 0.3) is 0 Å². The van der Waals surface area contributed by atoms with E-state index in [0.717, 1.165) is 12.8 Å². The molecular weight excluding hydrogens is 344 g/mol. The molecule has 0 bridgehead atoms. The van der Waals surface area contributed by atoms with Crippen LogP contribution in [0, 0.1) is 0 Å². The van der Waals surface area contributed by atoms with E-state index in [1.165, 1.54) is 64.2 Å². The van der Waals surface area contributed by atoms with E-state index < -0.39 is 24.4 Å². The number of unbranched alkanes of at least 4 members (excludes halogenated alkanes) is 10. The van der Waals surface area contributed by atoms with E-state index in [0.29, 0.717) is 6.61 Å². The van der Waals surface area contributed by atoms with Crippen molar-refractivity contribution in [1.82, 2.24) is 0 Å². The monoisotopic (exact) mass is 386 g/mol. The Hall–Kier alpha value is -0.460. The number of aliphatic hydroxyl groups is 3. The van der Waals surface area contributed by atoms with E-state index in [2.05, 4.69) is 19.1 Å². The maximum atomic E-state index is 9.81. The Morgan fingerprint density at radius 3 is 2.07 bits per heavy atom. The molecule has 0 spiro atoms. The Bertz CT molecular complexity index is 361. The van der Waals surface area contributed by atoms with Gasteiger partial charge < -0.3 is 24.8 Å². The van der Waals surface area contributed by atoms with Crippen molar-refractivity contribution >= 4 is 0 Å². The van der Waals surface area contributed by atoms with Crippen molar-refractivity contribution in [3.63, 3.8) is 0 Å². The molecule has 0 amide bonds. The van der Waals surface area contributed by atoms with Gasteiger partial charge in [0, 0.05) is 6.61 Å². The summed E-state index contributed by atoms with van der Waals surface area (Å²) in [4.78, 5) is 0. The number of hydrogen-bond acceptors (Lipinski definition) is 5. The minimum absolute atomic E-state index is 0.0420. The third-order valence-electron chi connectivity index (χ3n) is 5.19. The predicted octanol–water partition coefficient (Wildman–Crippen LogP) is 3.74. The van der Waals surface area contributed by atoms with Gasteiger partial charge in [-0.3, -0.25) is 0 Å². The van der Waals surface area contributed by atoms with Crippen molar-refractivity contribution in [2.75, 3.05) is 19.8 Å². The van der Waals surface area contributed by atoms with Gasteiger partial charge in [0.1, 0.15) is 24.4 Å². The van der Waals surface area contributed by atoms with E-state index in [4.69, 9.17) is 9.47 Å². The zero-order valence-corrected chi connectivity index (χ0v) is 17.2. The highest BCUT2D eigenvalue weighted by Crippen LogP contribution is 2.16. The molecule has 0 aromatic heterocycles. The molecule has 0 aromatic rings. The largest absolute Gasteiger partial charge is 0.388 e. The van der Waals surface area contributed by atoms with Gasteiger partial charge in [0.15, 0.2) is 0 Å². The van der Waals surface area contributed by atoms with Gasteiger partial charge in [-0.15, -0.1) is 0 Å². The second kappa shape index (κ2) is 16.5. The zero-order valence-electron chi connectivity index (χ0n) is 17.2. The molecule has 5 heteroatoms. The first-order valence-electron chi connectivity index (χ1n) is 11.0. The predicted molar refractivity (Wildman–Crippen MR) is 109 cm³/mol. The first-order chi connectivity index (χ1) is 13.2. The summed E-state index contributed by atoms with van der Waals surface area (Å²) in [6.45, 7) is 3.20. The van der Waals surface area contributed by atoms with E-state index in [-0.39, 0.29) is 13.2 Å². The Balaban J connectivity index is 1.82. The number of allylic oxidation sites excluding steroid dienone is 2. The van der Waals surface area contributed by atoms with Gasteiger partial charge in [-0.2, -0.15) is 0 Å². The molecule has 0 radical (unpaired) electrons. The van der Waals surface area contributed by atoms with Crippen LogP contribution in [0.2, 0.25) is 0 Å². The van der Waals surface area contributed by atoms with Crippen molar-refractivity contribution in [3.05, 3.63) is 12.2 Å². The second-order valence-corrected chi connectivity index (χ2v) is 7.73. The summed E-state index contributed by atoms with van der Waals surface area (Å²) >= 11 is 0. The molecule has 4 atom stereocenters. The standard InChI is InChI=1S/C22H42O5/c1-2-3-4-5-6-7-8-9-10-11-12-13-14-15-16-26-18-20-22(25)21(24)19(23)17-27-20/h7-8,19-25H,2-6,9-18H2,1H3/b8-7+/t19-,20+,21+,22+/m0/s1.